The molecule has 0 bridgehead atoms. The molecule has 2 aliphatic heterocycles. The fraction of sp³-hybridized carbons (Fsp3) is 0.367. The van der Waals surface area contributed by atoms with Gasteiger partial charge in [-0.05, 0) is 84.3 Å². The summed E-state index contributed by atoms with van der Waals surface area (Å²) in [4.78, 5) is 33.1. The van der Waals surface area contributed by atoms with E-state index in [-0.39, 0.29) is 30.4 Å². The Morgan fingerprint density at radius 3 is 2.53 bits per heavy atom. The molecule has 0 spiro atoms. The summed E-state index contributed by atoms with van der Waals surface area (Å²) in [5.74, 6) is 0.751. The van der Waals surface area contributed by atoms with Crippen molar-refractivity contribution in [2.45, 2.75) is 38.8 Å². The van der Waals surface area contributed by atoms with Crippen molar-refractivity contribution in [3.63, 3.8) is 0 Å². The minimum absolute atomic E-state index is 0.0315. The van der Waals surface area contributed by atoms with Crippen molar-refractivity contribution in [2.24, 2.45) is 11.8 Å². The number of anilines is 1. The summed E-state index contributed by atoms with van der Waals surface area (Å²) < 4.78 is 10.8. The molecule has 8 heteroatoms. The van der Waals surface area contributed by atoms with Crippen molar-refractivity contribution in [1.82, 2.24) is 15.2 Å². The molecular weight excluding hydrogens is 480 g/mol. The topological polar surface area (TPSA) is 92.8 Å². The van der Waals surface area contributed by atoms with E-state index in [9.17, 15) is 9.59 Å². The van der Waals surface area contributed by atoms with E-state index in [0.29, 0.717) is 38.3 Å². The van der Waals surface area contributed by atoms with Crippen LogP contribution in [0.5, 0.6) is 11.5 Å². The number of pyridine rings is 1. The van der Waals surface area contributed by atoms with Crippen molar-refractivity contribution in [2.75, 3.05) is 25.2 Å². The molecule has 1 aromatic heterocycles. The second kappa shape index (κ2) is 10.8. The fourth-order valence-electron chi connectivity index (χ4n) is 5.72. The highest BCUT2D eigenvalue weighted by atomic mass is 16.7. The molecule has 8 nitrogen and oxygen atoms in total. The normalized spacial score (nSPS) is 20.1. The molecule has 3 aromatic rings. The first-order valence-corrected chi connectivity index (χ1v) is 13.3. The molecule has 2 aromatic carbocycles. The minimum Gasteiger partial charge on any atom is -0.454 e. The minimum atomic E-state index is -0.296. The van der Waals surface area contributed by atoms with E-state index >= 15 is 0 Å². The van der Waals surface area contributed by atoms with Crippen LogP contribution < -0.4 is 20.1 Å². The van der Waals surface area contributed by atoms with Crippen LogP contribution >= 0.6 is 0 Å². The summed E-state index contributed by atoms with van der Waals surface area (Å²) in [5, 5.41) is 6.21. The quantitative estimate of drug-likeness (QED) is 0.502. The lowest BCUT2D eigenvalue weighted by molar-refractivity contribution is -0.130. The lowest BCUT2D eigenvalue weighted by Crippen LogP contribution is -2.48. The summed E-state index contributed by atoms with van der Waals surface area (Å²) >= 11 is 0. The van der Waals surface area contributed by atoms with Crippen molar-refractivity contribution in [3.8, 4) is 11.5 Å². The molecule has 38 heavy (non-hydrogen) atoms. The van der Waals surface area contributed by atoms with Crippen LogP contribution in [0, 0.1) is 11.8 Å². The van der Waals surface area contributed by atoms with Crippen LogP contribution in [0.25, 0.3) is 0 Å². The monoisotopic (exact) mass is 512 g/mol. The van der Waals surface area contributed by atoms with Crippen LogP contribution in [-0.4, -0.2) is 41.6 Å². The average Bonchev–Trinajstić information content (AvgIpc) is 3.61. The van der Waals surface area contributed by atoms with Crippen LogP contribution in [0.3, 0.4) is 0 Å². The third-order valence-corrected chi connectivity index (χ3v) is 7.69. The van der Waals surface area contributed by atoms with Gasteiger partial charge in [0.05, 0.1) is 11.8 Å². The summed E-state index contributed by atoms with van der Waals surface area (Å²) in [6.45, 7) is 2.47. The van der Waals surface area contributed by atoms with Crippen LogP contribution in [0.4, 0.5) is 5.69 Å². The maximum Gasteiger partial charge on any atom is 0.231 e. The first kappa shape index (κ1) is 24.4. The number of rotatable bonds is 7. The number of hydrogen-bond donors (Lipinski definition) is 2. The maximum absolute atomic E-state index is 13.4. The van der Waals surface area contributed by atoms with E-state index in [4.69, 9.17) is 9.47 Å². The number of likely N-dealkylation sites (tertiary alicyclic amines) is 1. The Bertz CT molecular complexity index is 1330. The van der Waals surface area contributed by atoms with E-state index in [1.165, 1.54) is 17.5 Å². The molecular formula is C30H32N4O4. The lowest BCUT2D eigenvalue weighted by Gasteiger charge is -2.36. The molecule has 0 radical (unpaired) electrons. The highest BCUT2D eigenvalue weighted by molar-refractivity contribution is 5.93. The molecule has 1 saturated heterocycles. The van der Waals surface area contributed by atoms with Gasteiger partial charge >= 0.3 is 0 Å². The molecule has 0 unspecified atom stereocenters. The zero-order chi connectivity index (χ0) is 25.9. The third kappa shape index (κ3) is 5.50. The number of aromatic nitrogens is 1. The Morgan fingerprint density at radius 1 is 0.868 bits per heavy atom. The van der Waals surface area contributed by atoms with Gasteiger partial charge in [-0.2, -0.15) is 0 Å². The number of piperidine rings is 1. The van der Waals surface area contributed by atoms with E-state index in [0.717, 1.165) is 35.4 Å². The van der Waals surface area contributed by atoms with Gasteiger partial charge in [0.25, 0.3) is 0 Å². The van der Waals surface area contributed by atoms with Gasteiger partial charge in [0.2, 0.25) is 18.6 Å². The number of nitrogens with zero attached hydrogens (tertiary/aromatic N) is 2. The van der Waals surface area contributed by atoms with Crippen LogP contribution in [-0.2, 0) is 35.5 Å². The van der Waals surface area contributed by atoms with Gasteiger partial charge in [-0.25, -0.2) is 0 Å². The largest absolute Gasteiger partial charge is 0.454 e. The maximum atomic E-state index is 13.4. The highest BCUT2D eigenvalue weighted by Gasteiger charge is 2.35. The average molecular weight is 513 g/mol. The Hall–Kier alpha value is -3.91. The van der Waals surface area contributed by atoms with Crippen molar-refractivity contribution < 1.29 is 19.1 Å². The molecule has 0 saturated carbocycles. The summed E-state index contributed by atoms with van der Waals surface area (Å²) in [6.07, 6.45) is 7.39. The second-order valence-electron chi connectivity index (χ2n) is 10.4. The number of ether oxygens (including phenoxy) is 2. The molecule has 2 atom stereocenters. The molecule has 2 N–H and O–H groups in total. The van der Waals surface area contributed by atoms with Crippen molar-refractivity contribution in [1.29, 1.82) is 0 Å². The molecule has 6 rings (SSSR count). The van der Waals surface area contributed by atoms with E-state index in [1.54, 1.807) is 12.4 Å². The zero-order valence-corrected chi connectivity index (χ0v) is 21.3. The number of aryl methyl sites for hydroxylation is 2. The third-order valence-electron chi connectivity index (χ3n) is 7.69. The van der Waals surface area contributed by atoms with Gasteiger partial charge in [0.15, 0.2) is 11.5 Å². The lowest BCUT2D eigenvalue weighted by atomic mass is 9.87. The summed E-state index contributed by atoms with van der Waals surface area (Å²) in [5.41, 5.74) is 5.60. The number of benzene rings is 2. The Morgan fingerprint density at radius 2 is 1.66 bits per heavy atom. The number of carbonyl (C=O) groups excluding carboxylic acids is 2. The molecule has 1 fully saturated rings. The molecule has 2 amide bonds. The first-order chi connectivity index (χ1) is 18.6. The summed E-state index contributed by atoms with van der Waals surface area (Å²) in [6, 6.07) is 15.9. The van der Waals surface area contributed by atoms with Crippen LogP contribution in [0.15, 0.2) is 60.9 Å². The predicted octanol–water partition coefficient (Wildman–Crippen LogP) is 3.69. The van der Waals surface area contributed by atoms with Gasteiger partial charge in [-0.3, -0.25) is 19.5 Å². The Kier molecular flexibility index (Phi) is 6.96. The molecule has 3 aliphatic rings. The van der Waals surface area contributed by atoms with Crippen LogP contribution in [0.2, 0.25) is 0 Å². The molecule has 1 aliphatic carbocycles. The Labute approximate surface area is 222 Å². The number of hydrogen-bond acceptors (Lipinski definition) is 6. The number of carbonyl (C=O) groups is 2. The van der Waals surface area contributed by atoms with Gasteiger partial charge in [-0.15, -0.1) is 0 Å². The smallest absolute Gasteiger partial charge is 0.231 e. The van der Waals surface area contributed by atoms with Crippen LogP contribution in [0.1, 0.15) is 35.1 Å². The second-order valence-corrected chi connectivity index (χ2v) is 10.4. The zero-order valence-electron chi connectivity index (χ0n) is 21.3. The number of fused-ring (bicyclic) bond motifs is 2. The van der Waals surface area contributed by atoms with Gasteiger partial charge in [0.1, 0.15) is 0 Å². The number of nitrogens with one attached hydrogen (secondary N) is 2. The standard InChI is InChI=1S/C30H32N4O4/c35-29(32-15-21-4-7-27-28(12-21)38-19-37-27)24-13-25(18-34(17-24)16-20-8-10-31-11-9-20)30(36)33-26-6-5-22-2-1-3-23(22)14-26/h4-12,14,24-25H,1-3,13,15-19H2,(H,32,35)(H,33,36)/t24-,25+/m0/s1. The molecule has 3 heterocycles. The highest BCUT2D eigenvalue weighted by Crippen LogP contribution is 2.33. The predicted molar refractivity (Wildman–Crippen MR) is 143 cm³/mol. The SMILES string of the molecule is O=C(NCc1ccc2c(c1)OCO2)[C@H]1C[C@@H](C(=O)Nc2ccc3c(c2)CCC3)CN(Cc2ccncc2)C1. The number of amides is 2. The molecule has 196 valence electrons. The Balaban J connectivity index is 1.14. The van der Waals surface area contributed by atoms with Crippen molar-refractivity contribution >= 4 is 17.5 Å². The first-order valence-electron chi connectivity index (χ1n) is 13.3. The van der Waals surface area contributed by atoms with E-state index in [2.05, 4.69) is 32.7 Å². The van der Waals surface area contributed by atoms with E-state index in [1.807, 2.05) is 36.4 Å². The van der Waals surface area contributed by atoms with Gasteiger partial charge in [0, 0.05) is 44.3 Å². The van der Waals surface area contributed by atoms with Crippen molar-refractivity contribution in [3.05, 3.63) is 83.2 Å². The van der Waals surface area contributed by atoms with E-state index < -0.39 is 0 Å². The van der Waals surface area contributed by atoms with Gasteiger partial charge in [-0.1, -0.05) is 12.1 Å². The fourth-order valence-corrected chi connectivity index (χ4v) is 5.72. The van der Waals surface area contributed by atoms with Gasteiger partial charge < -0.3 is 20.1 Å². The summed E-state index contributed by atoms with van der Waals surface area (Å²) in [7, 11) is 0.